The van der Waals surface area contributed by atoms with Crippen LogP contribution in [0.4, 0.5) is 0 Å². The quantitative estimate of drug-likeness (QED) is 0.843. The lowest BCUT2D eigenvalue weighted by Crippen LogP contribution is -2.03. The highest BCUT2D eigenvalue weighted by Gasteiger charge is 2.18. The minimum atomic E-state index is -0.536. The largest absolute Gasteiger partial charge is 0.507 e. The van der Waals surface area contributed by atoms with E-state index in [1.165, 1.54) is 19.2 Å². The second-order valence-electron chi connectivity index (χ2n) is 3.71. The molecule has 0 atom stereocenters. The smallest absolute Gasteiger partial charge is 0.338 e. The molecule has 0 aromatic heterocycles. The first-order valence-corrected chi connectivity index (χ1v) is 5.67. The van der Waals surface area contributed by atoms with Gasteiger partial charge in [-0.3, -0.25) is 0 Å². The topological polar surface area (TPSA) is 46.5 Å². The number of hydrogen-bond donors (Lipinski definition) is 1. The first-order valence-electron chi connectivity index (χ1n) is 5.29. The molecular formula is C14H11ClO3. The van der Waals surface area contributed by atoms with E-state index < -0.39 is 5.97 Å². The van der Waals surface area contributed by atoms with Gasteiger partial charge in [0.05, 0.1) is 12.7 Å². The van der Waals surface area contributed by atoms with Crippen LogP contribution in [0.25, 0.3) is 11.1 Å². The van der Waals surface area contributed by atoms with Crippen LogP contribution in [-0.4, -0.2) is 18.2 Å². The fraction of sp³-hybridized carbons (Fsp3) is 0.0714. The number of ether oxygens (including phenoxy) is 1. The zero-order valence-electron chi connectivity index (χ0n) is 9.68. The van der Waals surface area contributed by atoms with Crippen LogP contribution >= 0.6 is 11.6 Å². The molecule has 0 amide bonds. The Morgan fingerprint density at radius 3 is 2.50 bits per heavy atom. The first-order chi connectivity index (χ1) is 8.63. The molecule has 2 aromatic rings. The van der Waals surface area contributed by atoms with Gasteiger partial charge in [-0.2, -0.15) is 0 Å². The Hall–Kier alpha value is -2.00. The van der Waals surface area contributed by atoms with Crippen molar-refractivity contribution in [1.29, 1.82) is 0 Å². The van der Waals surface area contributed by atoms with Crippen molar-refractivity contribution >= 4 is 17.6 Å². The van der Waals surface area contributed by atoms with Crippen LogP contribution in [0.2, 0.25) is 5.02 Å². The number of esters is 1. The van der Waals surface area contributed by atoms with Crippen LogP contribution in [0.15, 0.2) is 42.5 Å². The van der Waals surface area contributed by atoms with E-state index in [2.05, 4.69) is 0 Å². The molecule has 3 nitrogen and oxygen atoms in total. The average molecular weight is 263 g/mol. The van der Waals surface area contributed by atoms with Gasteiger partial charge in [-0.1, -0.05) is 41.9 Å². The van der Waals surface area contributed by atoms with E-state index in [4.69, 9.17) is 16.3 Å². The van der Waals surface area contributed by atoms with E-state index in [0.717, 1.165) is 5.56 Å². The molecule has 1 N–H and O–H groups in total. The monoisotopic (exact) mass is 262 g/mol. The van der Waals surface area contributed by atoms with Crippen LogP contribution in [0.1, 0.15) is 10.4 Å². The van der Waals surface area contributed by atoms with Crippen LogP contribution in [0.3, 0.4) is 0 Å². The molecule has 0 heterocycles. The highest BCUT2D eigenvalue weighted by Crippen LogP contribution is 2.35. The maximum Gasteiger partial charge on any atom is 0.338 e. The van der Waals surface area contributed by atoms with Gasteiger partial charge in [0.2, 0.25) is 0 Å². The molecule has 92 valence electrons. The molecule has 4 heteroatoms. The minimum absolute atomic E-state index is 0.0471. The van der Waals surface area contributed by atoms with E-state index >= 15 is 0 Å². The lowest BCUT2D eigenvalue weighted by Gasteiger charge is -2.11. The maximum atomic E-state index is 11.7. The summed E-state index contributed by atoms with van der Waals surface area (Å²) in [6, 6.07) is 12.0. The molecule has 0 radical (unpaired) electrons. The van der Waals surface area contributed by atoms with Crippen LogP contribution in [0.5, 0.6) is 5.75 Å². The summed E-state index contributed by atoms with van der Waals surface area (Å²) in [4.78, 5) is 11.7. The summed E-state index contributed by atoms with van der Waals surface area (Å²) < 4.78 is 4.70. The fourth-order valence-electron chi connectivity index (χ4n) is 1.77. The molecule has 0 saturated carbocycles. The van der Waals surface area contributed by atoms with Gasteiger partial charge in [0.15, 0.2) is 0 Å². The third-order valence-corrected chi connectivity index (χ3v) is 2.77. The summed E-state index contributed by atoms with van der Waals surface area (Å²) in [7, 11) is 1.29. The standard InChI is InChI=1S/C14H11ClO3/c1-18-14(17)11-7-10(15)8-12(16)13(11)9-5-3-2-4-6-9/h2-8,16H,1H3. The second kappa shape index (κ2) is 5.10. The van der Waals surface area contributed by atoms with E-state index in [1.807, 2.05) is 18.2 Å². The number of benzene rings is 2. The summed E-state index contributed by atoms with van der Waals surface area (Å²) in [6.07, 6.45) is 0. The third-order valence-electron chi connectivity index (χ3n) is 2.55. The lowest BCUT2D eigenvalue weighted by molar-refractivity contribution is 0.0601. The van der Waals surface area contributed by atoms with Gasteiger partial charge in [0.1, 0.15) is 5.75 Å². The molecule has 0 bridgehead atoms. The van der Waals surface area contributed by atoms with Gasteiger partial charge in [-0.25, -0.2) is 4.79 Å². The Bertz CT molecular complexity index is 579. The molecule has 0 aliphatic carbocycles. The van der Waals surface area contributed by atoms with E-state index in [1.54, 1.807) is 12.1 Å². The molecule has 0 fully saturated rings. The van der Waals surface area contributed by atoms with Gasteiger partial charge >= 0.3 is 5.97 Å². The number of rotatable bonds is 2. The lowest BCUT2D eigenvalue weighted by atomic mass is 9.98. The fourth-order valence-corrected chi connectivity index (χ4v) is 1.98. The van der Waals surface area contributed by atoms with Crippen molar-refractivity contribution in [3.05, 3.63) is 53.1 Å². The zero-order valence-corrected chi connectivity index (χ0v) is 10.4. The molecule has 0 saturated heterocycles. The summed E-state index contributed by atoms with van der Waals surface area (Å²) in [5.41, 5.74) is 1.40. The average Bonchev–Trinajstić information content (AvgIpc) is 2.38. The molecule has 0 aliphatic rings. The Kier molecular flexibility index (Phi) is 3.53. The van der Waals surface area contributed by atoms with Crippen LogP contribution in [-0.2, 0) is 4.74 Å². The Balaban J connectivity index is 2.69. The van der Waals surface area contributed by atoms with Crippen LogP contribution < -0.4 is 0 Å². The second-order valence-corrected chi connectivity index (χ2v) is 4.14. The summed E-state index contributed by atoms with van der Waals surface area (Å²) >= 11 is 5.84. The number of aromatic hydroxyl groups is 1. The highest BCUT2D eigenvalue weighted by atomic mass is 35.5. The van der Waals surface area contributed by atoms with Gasteiger partial charge in [0, 0.05) is 10.6 Å². The SMILES string of the molecule is COC(=O)c1cc(Cl)cc(O)c1-c1ccccc1. The van der Waals surface area contributed by atoms with Crippen molar-refractivity contribution in [2.45, 2.75) is 0 Å². The molecular weight excluding hydrogens is 252 g/mol. The van der Waals surface area contributed by atoms with Gasteiger partial charge in [-0.05, 0) is 17.7 Å². The number of methoxy groups -OCH3 is 1. The molecule has 18 heavy (non-hydrogen) atoms. The zero-order chi connectivity index (χ0) is 13.1. The summed E-state index contributed by atoms with van der Waals surface area (Å²) in [5, 5.41) is 10.3. The van der Waals surface area contributed by atoms with Gasteiger partial charge in [-0.15, -0.1) is 0 Å². The Morgan fingerprint density at radius 2 is 1.89 bits per heavy atom. The summed E-state index contributed by atoms with van der Waals surface area (Å²) in [6.45, 7) is 0. The Morgan fingerprint density at radius 1 is 1.22 bits per heavy atom. The number of hydrogen-bond acceptors (Lipinski definition) is 3. The van der Waals surface area contributed by atoms with Crippen molar-refractivity contribution in [2.75, 3.05) is 7.11 Å². The van der Waals surface area contributed by atoms with Gasteiger partial charge < -0.3 is 9.84 Å². The predicted molar refractivity (Wildman–Crippen MR) is 69.9 cm³/mol. The molecule has 0 aliphatic heterocycles. The minimum Gasteiger partial charge on any atom is -0.507 e. The predicted octanol–water partition coefficient (Wildman–Crippen LogP) is 3.50. The van der Waals surface area contributed by atoms with Crippen molar-refractivity contribution in [2.24, 2.45) is 0 Å². The van der Waals surface area contributed by atoms with Crippen molar-refractivity contribution < 1.29 is 14.6 Å². The Labute approximate surface area is 110 Å². The first kappa shape index (κ1) is 12.5. The van der Waals surface area contributed by atoms with Crippen molar-refractivity contribution in [3.63, 3.8) is 0 Å². The molecule has 2 rings (SSSR count). The van der Waals surface area contributed by atoms with E-state index in [9.17, 15) is 9.90 Å². The molecule has 0 spiro atoms. The van der Waals surface area contributed by atoms with Crippen LogP contribution in [0, 0.1) is 0 Å². The number of carbonyl (C=O) groups is 1. The molecule has 0 unspecified atom stereocenters. The van der Waals surface area contributed by atoms with Crippen molar-refractivity contribution in [1.82, 2.24) is 0 Å². The van der Waals surface area contributed by atoms with Crippen molar-refractivity contribution in [3.8, 4) is 16.9 Å². The van der Waals surface area contributed by atoms with Gasteiger partial charge in [0.25, 0.3) is 0 Å². The molecule has 2 aromatic carbocycles. The third kappa shape index (κ3) is 2.31. The maximum absolute atomic E-state index is 11.7. The van der Waals surface area contributed by atoms with E-state index in [-0.39, 0.29) is 16.3 Å². The van der Waals surface area contributed by atoms with E-state index in [0.29, 0.717) is 5.56 Å². The normalized spacial score (nSPS) is 10.1. The number of carbonyl (C=O) groups excluding carboxylic acids is 1. The summed E-state index contributed by atoms with van der Waals surface area (Å²) in [5.74, 6) is -0.583. The number of halogens is 1. The number of phenols is 1. The highest BCUT2D eigenvalue weighted by molar-refractivity contribution is 6.31. The number of phenolic OH excluding ortho intramolecular Hbond substituents is 1.